The summed E-state index contributed by atoms with van der Waals surface area (Å²) in [6.07, 6.45) is 0.854. The van der Waals surface area contributed by atoms with Crippen molar-refractivity contribution in [3.8, 4) is 0 Å². The van der Waals surface area contributed by atoms with Crippen LogP contribution in [-0.4, -0.2) is 12.6 Å². The number of fused-ring (bicyclic) bond motifs is 1. The minimum atomic E-state index is -0.232. The van der Waals surface area contributed by atoms with E-state index in [-0.39, 0.29) is 5.97 Å². The monoisotopic (exact) mass is 220 g/mol. The van der Waals surface area contributed by atoms with E-state index >= 15 is 0 Å². The normalized spacial score (nSPS) is 10.5. The molecule has 0 N–H and O–H groups in total. The number of hydrogen-bond acceptors (Lipinski definition) is 3. The van der Waals surface area contributed by atoms with Crippen LogP contribution >= 0.6 is 11.3 Å². The average Bonchev–Trinajstić information content (AvgIpc) is 2.72. The fourth-order valence-electron chi connectivity index (χ4n) is 1.37. The number of esters is 1. The van der Waals surface area contributed by atoms with E-state index in [4.69, 9.17) is 4.74 Å². The Labute approximate surface area is 92.5 Å². The second kappa shape index (κ2) is 4.45. The number of hydrogen-bond donors (Lipinski definition) is 0. The van der Waals surface area contributed by atoms with Gasteiger partial charge in [0.05, 0.1) is 12.2 Å². The van der Waals surface area contributed by atoms with Crippen LogP contribution in [0.1, 0.15) is 23.7 Å². The topological polar surface area (TPSA) is 26.3 Å². The summed E-state index contributed by atoms with van der Waals surface area (Å²) >= 11 is 1.67. The molecule has 0 aliphatic heterocycles. The predicted octanol–water partition coefficient (Wildman–Crippen LogP) is 3.47. The molecule has 0 fully saturated rings. The first kappa shape index (κ1) is 10.2. The van der Waals surface area contributed by atoms with Crippen LogP contribution in [0.5, 0.6) is 0 Å². The standard InChI is InChI=1S/C12H12O2S/c1-2-6-14-12(13)10-3-4-11-9(8-10)5-7-15-11/h3-5,7-8H,2,6H2,1H3. The summed E-state index contributed by atoms with van der Waals surface area (Å²) in [5.41, 5.74) is 0.634. The number of benzene rings is 1. The molecule has 0 aliphatic carbocycles. The quantitative estimate of drug-likeness (QED) is 0.740. The van der Waals surface area contributed by atoms with Gasteiger partial charge >= 0.3 is 5.97 Å². The Balaban J connectivity index is 2.23. The first-order valence-electron chi connectivity index (χ1n) is 4.95. The van der Waals surface area contributed by atoms with Gasteiger partial charge in [-0.2, -0.15) is 0 Å². The van der Waals surface area contributed by atoms with Crippen LogP contribution < -0.4 is 0 Å². The van der Waals surface area contributed by atoms with Crippen LogP contribution in [0.3, 0.4) is 0 Å². The van der Waals surface area contributed by atoms with Crippen molar-refractivity contribution in [3.05, 3.63) is 35.2 Å². The Kier molecular flexibility index (Phi) is 3.02. The van der Waals surface area contributed by atoms with Crippen molar-refractivity contribution in [2.75, 3.05) is 6.61 Å². The van der Waals surface area contributed by atoms with E-state index in [0.717, 1.165) is 11.8 Å². The molecule has 0 amide bonds. The first-order valence-corrected chi connectivity index (χ1v) is 5.83. The molecule has 2 aromatic rings. The van der Waals surface area contributed by atoms with E-state index in [0.29, 0.717) is 12.2 Å². The predicted molar refractivity (Wildman–Crippen MR) is 62.4 cm³/mol. The Morgan fingerprint density at radius 2 is 2.27 bits per heavy atom. The van der Waals surface area contributed by atoms with E-state index in [9.17, 15) is 4.79 Å². The summed E-state index contributed by atoms with van der Waals surface area (Å²) in [6.45, 7) is 2.47. The molecule has 0 atom stereocenters. The third kappa shape index (κ3) is 2.18. The number of carbonyl (C=O) groups excluding carboxylic acids is 1. The van der Waals surface area contributed by atoms with Gasteiger partial charge in [0.2, 0.25) is 0 Å². The average molecular weight is 220 g/mol. The number of carbonyl (C=O) groups is 1. The Morgan fingerprint density at radius 3 is 3.07 bits per heavy atom. The van der Waals surface area contributed by atoms with Crippen molar-refractivity contribution in [2.45, 2.75) is 13.3 Å². The lowest BCUT2D eigenvalue weighted by molar-refractivity contribution is 0.0505. The third-order valence-electron chi connectivity index (χ3n) is 2.13. The smallest absolute Gasteiger partial charge is 0.338 e. The molecule has 1 aromatic carbocycles. The van der Waals surface area contributed by atoms with E-state index < -0.39 is 0 Å². The molecule has 3 heteroatoms. The van der Waals surface area contributed by atoms with Crippen molar-refractivity contribution in [1.82, 2.24) is 0 Å². The summed E-state index contributed by atoms with van der Waals surface area (Å²) in [4.78, 5) is 11.6. The Hall–Kier alpha value is -1.35. The Morgan fingerprint density at radius 1 is 1.40 bits per heavy atom. The van der Waals surface area contributed by atoms with E-state index in [2.05, 4.69) is 0 Å². The molecule has 1 heterocycles. The third-order valence-corrected chi connectivity index (χ3v) is 3.02. The van der Waals surface area contributed by atoms with Crippen LogP contribution in [0.25, 0.3) is 10.1 Å². The number of thiophene rings is 1. The lowest BCUT2D eigenvalue weighted by Gasteiger charge is -2.02. The van der Waals surface area contributed by atoms with Gasteiger partial charge in [-0.25, -0.2) is 4.79 Å². The van der Waals surface area contributed by atoms with Crippen molar-refractivity contribution in [1.29, 1.82) is 0 Å². The van der Waals surface area contributed by atoms with E-state index in [1.54, 1.807) is 11.3 Å². The highest BCUT2D eigenvalue weighted by Gasteiger charge is 2.07. The molecule has 2 rings (SSSR count). The van der Waals surface area contributed by atoms with Gasteiger partial charge in [0.25, 0.3) is 0 Å². The summed E-state index contributed by atoms with van der Waals surface area (Å²) in [7, 11) is 0. The number of ether oxygens (including phenoxy) is 1. The van der Waals surface area contributed by atoms with E-state index in [1.165, 1.54) is 4.70 Å². The molecule has 2 nitrogen and oxygen atoms in total. The van der Waals surface area contributed by atoms with Crippen LogP contribution in [0.15, 0.2) is 29.6 Å². The molecule has 15 heavy (non-hydrogen) atoms. The summed E-state index contributed by atoms with van der Waals surface area (Å²) in [6, 6.07) is 7.67. The van der Waals surface area contributed by atoms with Crippen LogP contribution in [0.2, 0.25) is 0 Å². The maximum absolute atomic E-state index is 11.6. The van der Waals surface area contributed by atoms with Gasteiger partial charge < -0.3 is 4.74 Å². The SMILES string of the molecule is CCCOC(=O)c1ccc2sccc2c1. The molecule has 0 bridgehead atoms. The van der Waals surface area contributed by atoms with Gasteiger partial charge in [0.1, 0.15) is 0 Å². The summed E-state index contributed by atoms with van der Waals surface area (Å²) in [5, 5.41) is 3.12. The molecule has 0 radical (unpaired) electrons. The second-order valence-electron chi connectivity index (χ2n) is 3.31. The van der Waals surface area contributed by atoms with Gasteiger partial charge in [0, 0.05) is 4.70 Å². The molecular weight excluding hydrogens is 208 g/mol. The maximum Gasteiger partial charge on any atom is 0.338 e. The first-order chi connectivity index (χ1) is 7.31. The minimum absolute atomic E-state index is 0.232. The largest absolute Gasteiger partial charge is 0.462 e. The van der Waals surface area contributed by atoms with Crippen molar-refractivity contribution in [3.63, 3.8) is 0 Å². The van der Waals surface area contributed by atoms with Gasteiger partial charge in [-0.1, -0.05) is 6.92 Å². The van der Waals surface area contributed by atoms with Crippen molar-refractivity contribution in [2.24, 2.45) is 0 Å². The molecule has 0 spiro atoms. The maximum atomic E-state index is 11.6. The lowest BCUT2D eigenvalue weighted by atomic mass is 10.2. The van der Waals surface area contributed by atoms with Crippen LogP contribution in [0.4, 0.5) is 0 Å². The number of rotatable bonds is 3. The van der Waals surface area contributed by atoms with Crippen LogP contribution in [0, 0.1) is 0 Å². The Bertz CT molecular complexity index is 473. The highest BCUT2D eigenvalue weighted by molar-refractivity contribution is 7.17. The van der Waals surface area contributed by atoms with Gasteiger partial charge in [-0.05, 0) is 41.5 Å². The molecule has 0 saturated carbocycles. The van der Waals surface area contributed by atoms with Crippen molar-refractivity contribution >= 4 is 27.4 Å². The molecule has 1 aromatic heterocycles. The van der Waals surface area contributed by atoms with Gasteiger partial charge in [0.15, 0.2) is 0 Å². The zero-order valence-electron chi connectivity index (χ0n) is 8.53. The molecular formula is C12H12O2S. The summed E-state index contributed by atoms with van der Waals surface area (Å²) in [5.74, 6) is -0.232. The van der Waals surface area contributed by atoms with Gasteiger partial charge in [-0.15, -0.1) is 11.3 Å². The highest BCUT2D eigenvalue weighted by Crippen LogP contribution is 2.21. The van der Waals surface area contributed by atoms with Gasteiger partial charge in [-0.3, -0.25) is 0 Å². The molecule has 0 aliphatic rings. The second-order valence-corrected chi connectivity index (χ2v) is 4.26. The van der Waals surface area contributed by atoms with E-state index in [1.807, 2.05) is 36.6 Å². The zero-order valence-corrected chi connectivity index (χ0v) is 9.34. The fraction of sp³-hybridized carbons (Fsp3) is 0.250. The molecule has 0 saturated heterocycles. The lowest BCUT2D eigenvalue weighted by Crippen LogP contribution is -2.05. The molecule has 78 valence electrons. The zero-order chi connectivity index (χ0) is 10.7. The minimum Gasteiger partial charge on any atom is -0.462 e. The van der Waals surface area contributed by atoms with Crippen LogP contribution in [-0.2, 0) is 4.74 Å². The fourth-order valence-corrected chi connectivity index (χ4v) is 2.14. The highest BCUT2D eigenvalue weighted by atomic mass is 32.1. The van der Waals surface area contributed by atoms with Crippen molar-refractivity contribution < 1.29 is 9.53 Å². The molecule has 0 unspecified atom stereocenters. The summed E-state index contributed by atoms with van der Waals surface area (Å²) < 4.78 is 6.26.